The Labute approximate surface area is 97.7 Å². The van der Waals surface area contributed by atoms with Gasteiger partial charge in [0.25, 0.3) is 0 Å². The smallest absolute Gasteiger partial charge is 0.159 e. The fourth-order valence-corrected chi connectivity index (χ4v) is 1.40. The van der Waals surface area contributed by atoms with Gasteiger partial charge in [-0.1, -0.05) is 27.7 Å². The van der Waals surface area contributed by atoms with Crippen molar-refractivity contribution < 1.29 is 8.78 Å². The standard InChI is InChI=1S/C12H16F2.C2H6/c1-8(2)4-5-10-7-12(14)11(13)6-9(10)3;1-2/h6-8H,4-5H2,1-3H3;1-2H3. The van der Waals surface area contributed by atoms with Crippen molar-refractivity contribution in [3.63, 3.8) is 0 Å². The Balaban J connectivity index is 0.00000106. The monoisotopic (exact) mass is 228 g/mol. The minimum absolute atomic E-state index is 0.586. The first-order valence-corrected chi connectivity index (χ1v) is 5.95. The Bertz CT molecular complexity index is 317. The molecule has 0 nitrogen and oxygen atoms in total. The molecule has 0 saturated heterocycles. The highest BCUT2D eigenvalue weighted by Crippen LogP contribution is 2.17. The topological polar surface area (TPSA) is 0 Å². The van der Waals surface area contributed by atoms with Gasteiger partial charge in [-0.2, -0.15) is 0 Å². The lowest BCUT2D eigenvalue weighted by molar-refractivity contribution is 0.504. The largest absolute Gasteiger partial charge is 0.204 e. The molecular formula is C14H22F2. The minimum Gasteiger partial charge on any atom is -0.204 e. The maximum absolute atomic E-state index is 12.9. The molecule has 0 aliphatic rings. The molecule has 0 spiro atoms. The normalized spacial score (nSPS) is 10.0. The first-order valence-electron chi connectivity index (χ1n) is 5.95. The van der Waals surface area contributed by atoms with Crippen LogP contribution in [0.15, 0.2) is 12.1 Å². The predicted molar refractivity (Wildman–Crippen MR) is 65.6 cm³/mol. The molecule has 92 valence electrons. The van der Waals surface area contributed by atoms with E-state index in [0.717, 1.165) is 24.0 Å². The van der Waals surface area contributed by atoms with Gasteiger partial charge in [-0.3, -0.25) is 0 Å². The van der Waals surface area contributed by atoms with Gasteiger partial charge in [0.15, 0.2) is 11.6 Å². The fourth-order valence-electron chi connectivity index (χ4n) is 1.40. The molecule has 0 saturated carbocycles. The Hall–Kier alpha value is -0.920. The van der Waals surface area contributed by atoms with Crippen LogP contribution in [-0.2, 0) is 6.42 Å². The van der Waals surface area contributed by atoms with Crippen molar-refractivity contribution in [2.24, 2.45) is 5.92 Å². The molecule has 0 bridgehead atoms. The lowest BCUT2D eigenvalue weighted by atomic mass is 9.99. The maximum atomic E-state index is 12.9. The fraction of sp³-hybridized carbons (Fsp3) is 0.571. The lowest BCUT2D eigenvalue weighted by Crippen LogP contribution is -1.97. The van der Waals surface area contributed by atoms with Gasteiger partial charge in [-0.15, -0.1) is 0 Å². The van der Waals surface area contributed by atoms with E-state index in [1.54, 1.807) is 0 Å². The summed E-state index contributed by atoms with van der Waals surface area (Å²) in [5.41, 5.74) is 1.75. The molecule has 1 rings (SSSR count). The van der Waals surface area contributed by atoms with Crippen LogP contribution in [0.3, 0.4) is 0 Å². The van der Waals surface area contributed by atoms with Gasteiger partial charge in [0.2, 0.25) is 0 Å². The van der Waals surface area contributed by atoms with Crippen molar-refractivity contribution in [2.45, 2.75) is 47.5 Å². The summed E-state index contributed by atoms with van der Waals surface area (Å²) in [5, 5.41) is 0. The van der Waals surface area contributed by atoms with Gasteiger partial charge in [0, 0.05) is 0 Å². The van der Waals surface area contributed by atoms with Crippen LogP contribution < -0.4 is 0 Å². The van der Waals surface area contributed by atoms with Gasteiger partial charge in [0.1, 0.15) is 0 Å². The number of hydrogen-bond acceptors (Lipinski definition) is 0. The number of hydrogen-bond donors (Lipinski definition) is 0. The molecule has 0 atom stereocenters. The Kier molecular flexibility index (Phi) is 6.95. The predicted octanol–water partition coefficient (Wildman–Crippen LogP) is 4.89. The Morgan fingerprint density at radius 1 is 1.06 bits per heavy atom. The van der Waals surface area contributed by atoms with Crippen molar-refractivity contribution in [1.82, 2.24) is 0 Å². The van der Waals surface area contributed by atoms with Crippen LogP contribution in [0.2, 0.25) is 0 Å². The Morgan fingerprint density at radius 3 is 2.06 bits per heavy atom. The molecule has 0 unspecified atom stereocenters. The Morgan fingerprint density at radius 2 is 1.56 bits per heavy atom. The second kappa shape index (κ2) is 7.37. The van der Waals surface area contributed by atoms with E-state index in [2.05, 4.69) is 13.8 Å². The van der Waals surface area contributed by atoms with E-state index in [1.807, 2.05) is 20.8 Å². The quantitative estimate of drug-likeness (QED) is 0.691. The maximum Gasteiger partial charge on any atom is 0.159 e. The highest BCUT2D eigenvalue weighted by atomic mass is 19.2. The van der Waals surface area contributed by atoms with E-state index >= 15 is 0 Å². The van der Waals surface area contributed by atoms with E-state index in [9.17, 15) is 8.78 Å². The molecule has 0 radical (unpaired) electrons. The van der Waals surface area contributed by atoms with E-state index in [-0.39, 0.29) is 0 Å². The van der Waals surface area contributed by atoms with E-state index < -0.39 is 11.6 Å². The zero-order valence-electron chi connectivity index (χ0n) is 10.9. The van der Waals surface area contributed by atoms with Gasteiger partial charge in [-0.25, -0.2) is 8.78 Å². The summed E-state index contributed by atoms with van der Waals surface area (Å²) >= 11 is 0. The third kappa shape index (κ3) is 4.73. The molecular weight excluding hydrogens is 206 g/mol. The van der Waals surface area contributed by atoms with Crippen LogP contribution in [0.5, 0.6) is 0 Å². The summed E-state index contributed by atoms with van der Waals surface area (Å²) in [6.07, 6.45) is 1.83. The molecule has 0 fully saturated rings. The zero-order chi connectivity index (χ0) is 12.7. The van der Waals surface area contributed by atoms with Crippen LogP contribution >= 0.6 is 0 Å². The third-order valence-corrected chi connectivity index (χ3v) is 2.37. The highest BCUT2D eigenvalue weighted by molar-refractivity contribution is 5.27. The highest BCUT2D eigenvalue weighted by Gasteiger charge is 2.07. The molecule has 1 aromatic rings. The molecule has 0 amide bonds. The second-order valence-electron chi connectivity index (χ2n) is 4.13. The van der Waals surface area contributed by atoms with Crippen LogP contribution in [0.1, 0.15) is 45.2 Å². The molecule has 0 aromatic heterocycles. The minimum atomic E-state index is -0.754. The summed E-state index contributed by atoms with van der Waals surface area (Å²) in [6, 6.07) is 2.58. The molecule has 0 heterocycles. The van der Waals surface area contributed by atoms with Crippen LogP contribution in [0, 0.1) is 24.5 Å². The number of halogens is 2. The van der Waals surface area contributed by atoms with E-state index in [0.29, 0.717) is 5.92 Å². The molecule has 16 heavy (non-hydrogen) atoms. The summed E-state index contributed by atoms with van der Waals surface area (Å²) in [6.45, 7) is 10.1. The molecule has 2 heteroatoms. The average Bonchev–Trinajstić information content (AvgIpc) is 2.24. The average molecular weight is 228 g/mol. The van der Waals surface area contributed by atoms with Crippen molar-refractivity contribution in [2.75, 3.05) is 0 Å². The van der Waals surface area contributed by atoms with Crippen molar-refractivity contribution in [3.8, 4) is 0 Å². The first-order chi connectivity index (χ1) is 7.50. The van der Waals surface area contributed by atoms with E-state index in [4.69, 9.17) is 0 Å². The van der Waals surface area contributed by atoms with Gasteiger partial charge >= 0.3 is 0 Å². The van der Waals surface area contributed by atoms with Crippen molar-refractivity contribution >= 4 is 0 Å². The SMILES string of the molecule is CC.Cc1cc(F)c(F)cc1CCC(C)C. The first kappa shape index (κ1) is 15.1. The molecule has 0 N–H and O–H groups in total. The summed E-state index contributed by atoms with van der Waals surface area (Å²) in [4.78, 5) is 0. The van der Waals surface area contributed by atoms with Crippen LogP contribution in [-0.4, -0.2) is 0 Å². The van der Waals surface area contributed by atoms with Crippen LogP contribution in [0.4, 0.5) is 8.78 Å². The molecule has 0 aliphatic heterocycles. The number of benzene rings is 1. The number of aryl methyl sites for hydroxylation is 2. The van der Waals surface area contributed by atoms with Gasteiger partial charge < -0.3 is 0 Å². The van der Waals surface area contributed by atoms with Crippen molar-refractivity contribution in [3.05, 3.63) is 34.9 Å². The summed E-state index contributed by atoms with van der Waals surface area (Å²) < 4.78 is 25.7. The summed E-state index contributed by atoms with van der Waals surface area (Å²) in [5.74, 6) is -0.910. The molecule has 1 aromatic carbocycles. The van der Waals surface area contributed by atoms with E-state index in [1.165, 1.54) is 12.1 Å². The molecule has 0 aliphatic carbocycles. The van der Waals surface area contributed by atoms with Gasteiger partial charge in [-0.05, 0) is 48.9 Å². The summed E-state index contributed by atoms with van der Waals surface area (Å²) in [7, 11) is 0. The van der Waals surface area contributed by atoms with Crippen LogP contribution in [0.25, 0.3) is 0 Å². The van der Waals surface area contributed by atoms with Gasteiger partial charge in [0.05, 0.1) is 0 Å². The van der Waals surface area contributed by atoms with Crippen molar-refractivity contribution in [1.29, 1.82) is 0 Å². The zero-order valence-corrected chi connectivity index (χ0v) is 10.9. The third-order valence-electron chi connectivity index (χ3n) is 2.37. The number of rotatable bonds is 3. The lowest BCUT2D eigenvalue weighted by Gasteiger charge is -2.08. The second-order valence-corrected chi connectivity index (χ2v) is 4.13.